The summed E-state index contributed by atoms with van der Waals surface area (Å²) in [4.78, 5) is 10.2. The number of hydrogen-bond acceptors (Lipinski definition) is 3. The summed E-state index contributed by atoms with van der Waals surface area (Å²) in [6, 6.07) is 41.5. The van der Waals surface area contributed by atoms with Crippen molar-refractivity contribution < 1.29 is 0 Å². The first-order valence-corrected chi connectivity index (χ1v) is 15.6. The van der Waals surface area contributed by atoms with Crippen molar-refractivity contribution in [1.82, 2.24) is 9.97 Å². The van der Waals surface area contributed by atoms with Gasteiger partial charge < -0.3 is 0 Å². The average Bonchev–Trinajstić information content (AvgIpc) is 3.47. The van der Waals surface area contributed by atoms with Gasteiger partial charge in [-0.2, -0.15) is 0 Å². The van der Waals surface area contributed by atoms with Gasteiger partial charge in [0.1, 0.15) is 0 Å². The fourth-order valence-electron chi connectivity index (χ4n) is 6.73. The molecule has 1 aliphatic carbocycles. The largest absolute Gasteiger partial charge is 0.252 e. The molecule has 0 atom stereocenters. The van der Waals surface area contributed by atoms with Gasteiger partial charge in [0.05, 0.1) is 22.9 Å². The molecule has 0 fully saturated rings. The van der Waals surface area contributed by atoms with Crippen LogP contribution in [0.4, 0.5) is 0 Å². The van der Waals surface area contributed by atoms with Gasteiger partial charge in [0, 0.05) is 30.9 Å². The van der Waals surface area contributed by atoms with Crippen molar-refractivity contribution in [3.63, 3.8) is 0 Å². The van der Waals surface area contributed by atoms with E-state index in [-0.39, 0.29) is 0 Å². The number of benzene rings is 6. The molecule has 43 heavy (non-hydrogen) atoms. The summed E-state index contributed by atoms with van der Waals surface area (Å²) >= 11 is 1.89. The highest BCUT2D eigenvalue weighted by Gasteiger charge is 2.16. The van der Waals surface area contributed by atoms with Crippen molar-refractivity contribution in [3.05, 3.63) is 145 Å². The van der Waals surface area contributed by atoms with Crippen molar-refractivity contribution in [2.45, 2.75) is 12.8 Å². The van der Waals surface area contributed by atoms with Gasteiger partial charge in [-0.3, -0.25) is 4.98 Å². The maximum absolute atomic E-state index is 5.22. The molecular formula is C40H26N2S. The monoisotopic (exact) mass is 566 g/mol. The third-order valence-electron chi connectivity index (χ3n) is 8.85. The number of allylic oxidation sites excluding steroid dienone is 4. The van der Waals surface area contributed by atoms with Crippen LogP contribution in [-0.2, 0) is 0 Å². The predicted octanol–water partition coefficient (Wildman–Crippen LogP) is 11.2. The fourth-order valence-corrected chi connectivity index (χ4v) is 7.97. The summed E-state index contributed by atoms with van der Waals surface area (Å²) in [7, 11) is 0. The molecule has 0 saturated heterocycles. The summed E-state index contributed by atoms with van der Waals surface area (Å²) in [5, 5.41) is 7.44. The molecule has 0 bridgehead atoms. The molecule has 2 heterocycles. The zero-order valence-electron chi connectivity index (χ0n) is 23.4. The van der Waals surface area contributed by atoms with Gasteiger partial charge in [0.25, 0.3) is 0 Å². The molecule has 6 aromatic carbocycles. The highest BCUT2D eigenvalue weighted by Crippen LogP contribution is 2.41. The number of thiophene rings is 1. The second kappa shape index (κ2) is 9.72. The molecule has 2 nitrogen and oxygen atoms in total. The van der Waals surface area contributed by atoms with E-state index >= 15 is 0 Å². The molecule has 0 amide bonds. The molecule has 0 radical (unpaired) electrons. The van der Waals surface area contributed by atoms with Gasteiger partial charge in [0.2, 0.25) is 0 Å². The first-order valence-electron chi connectivity index (χ1n) is 14.8. The van der Waals surface area contributed by atoms with Gasteiger partial charge >= 0.3 is 0 Å². The number of nitrogens with zero attached hydrogens (tertiary/aromatic N) is 2. The van der Waals surface area contributed by atoms with E-state index in [1.54, 1.807) is 0 Å². The molecule has 0 saturated carbocycles. The highest BCUT2D eigenvalue weighted by atomic mass is 32.1. The lowest BCUT2D eigenvalue weighted by atomic mass is 9.90. The van der Waals surface area contributed by atoms with Crippen molar-refractivity contribution in [2.24, 2.45) is 0 Å². The van der Waals surface area contributed by atoms with E-state index in [9.17, 15) is 0 Å². The van der Waals surface area contributed by atoms with Crippen LogP contribution >= 0.6 is 11.3 Å². The van der Waals surface area contributed by atoms with Crippen LogP contribution in [0.15, 0.2) is 134 Å². The Morgan fingerprint density at radius 1 is 0.512 bits per heavy atom. The van der Waals surface area contributed by atoms with Gasteiger partial charge in [-0.15, -0.1) is 11.3 Å². The lowest BCUT2D eigenvalue weighted by Gasteiger charge is -2.16. The molecule has 0 aliphatic heterocycles. The van der Waals surface area contributed by atoms with E-state index in [1.807, 2.05) is 17.5 Å². The Labute approximate surface area is 253 Å². The maximum Gasteiger partial charge on any atom is 0.0979 e. The lowest BCUT2D eigenvalue weighted by Crippen LogP contribution is -1.98. The summed E-state index contributed by atoms with van der Waals surface area (Å²) in [6.45, 7) is 0. The maximum atomic E-state index is 5.22. The molecule has 0 spiro atoms. The highest BCUT2D eigenvalue weighted by molar-refractivity contribution is 7.26. The van der Waals surface area contributed by atoms with E-state index in [1.165, 1.54) is 58.8 Å². The second-order valence-corrected chi connectivity index (χ2v) is 12.3. The molecular weight excluding hydrogens is 541 g/mol. The van der Waals surface area contributed by atoms with Crippen LogP contribution in [0, 0.1) is 0 Å². The Morgan fingerprint density at radius 2 is 1.14 bits per heavy atom. The normalized spacial score (nSPS) is 13.7. The Hall–Kier alpha value is -5.12. The van der Waals surface area contributed by atoms with Gasteiger partial charge in [-0.1, -0.05) is 115 Å². The van der Waals surface area contributed by atoms with Crippen LogP contribution in [0.25, 0.3) is 75.0 Å². The topological polar surface area (TPSA) is 25.8 Å². The molecule has 2 aromatic heterocycles. The van der Waals surface area contributed by atoms with E-state index in [0.717, 1.165) is 40.3 Å². The van der Waals surface area contributed by atoms with Crippen LogP contribution < -0.4 is 0 Å². The Balaban J connectivity index is 1.10. The zero-order valence-corrected chi connectivity index (χ0v) is 24.2. The third kappa shape index (κ3) is 3.93. The van der Waals surface area contributed by atoms with Gasteiger partial charge in [0.15, 0.2) is 0 Å². The molecule has 8 aromatic rings. The number of hydrogen-bond donors (Lipinski definition) is 0. The fraction of sp³-hybridized carbons (Fsp3) is 0.0500. The average molecular weight is 567 g/mol. The van der Waals surface area contributed by atoms with E-state index in [4.69, 9.17) is 9.97 Å². The number of rotatable bonds is 3. The molecule has 202 valence electrons. The van der Waals surface area contributed by atoms with Crippen LogP contribution in [0.2, 0.25) is 0 Å². The van der Waals surface area contributed by atoms with Crippen LogP contribution in [0.3, 0.4) is 0 Å². The third-order valence-corrected chi connectivity index (χ3v) is 10.1. The Morgan fingerprint density at radius 3 is 1.93 bits per heavy atom. The lowest BCUT2D eigenvalue weighted by molar-refractivity contribution is 1.05. The SMILES string of the molecule is C1=C(c2cccc(-c3cccc4c3sc3ccccc34)c2)CCC(c2cnc3c4ccccc4c4ccccc4c3n2)=C1. The molecule has 0 unspecified atom stereocenters. The Bertz CT molecular complexity index is 2430. The van der Waals surface area contributed by atoms with Gasteiger partial charge in [-0.05, 0) is 63.6 Å². The minimum absolute atomic E-state index is 0.938. The first kappa shape index (κ1) is 24.5. The summed E-state index contributed by atoms with van der Waals surface area (Å²) < 4.78 is 2.70. The predicted molar refractivity (Wildman–Crippen MR) is 185 cm³/mol. The van der Waals surface area contributed by atoms with E-state index < -0.39 is 0 Å². The van der Waals surface area contributed by atoms with Crippen molar-refractivity contribution in [1.29, 1.82) is 0 Å². The summed E-state index contributed by atoms with van der Waals surface area (Å²) in [6.07, 6.45) is 8.40. The molecule has 3 heteroatoms. The zero-order chi connectivity index (χ0) is 28.3. The minimum atomic E-state index is 0.938. The quantitative estimate of drug-likeness (QED) is 0.199. The van der Waals surface area contributed by atoms with Crippen molar-refractivity contribution in [2.75, 3.05) is 0 Å². The van der Waals surface area contributed by atoms with E-state index in [2.05, 4.69) is 127 Å². The standard InChI is InChI=1S/C40H26N2S/c1-3-14-33-30(11-1)31-12-2-4-15-34(31)39-38(33)41-24-36(42-39)26-21-19-25(20-22-26)27-9-7-10-28(23-27)29-16-8-17-35-32-13-5-6-18-37(32)43-40(29)35/h1-19,21,23-24H,20,22H2. The smallest absolute Gasteiger partial charge is 0.0979 e. The van der Waals surface area contributed by atoms with Crippen LogP contribution in [-0.4, -0.2) is 9.97 Å². The number of fused-ring (bicyclic) bond motifs is 9. The van der Waals surface area contributed by atoms with Crippen molar-refractivity contribution in [3.8, 4) is 11.1 Å². The molecule has 0 N–H and O–H groups in total. The summed E-state index contributed by atoms with van der Waals surface area (Å²) in [5.41, 5.74) is 9.37. The second-order valence-electron chi connectivity index (χ2n) is 11.3. The van der Waals surface area contributed by atoms with Crippen LogP contribution in [0.5, 0.6) is 0 Å². The minimum Gasteiger partial charge on any atom is -0.252 e. The molecule has 1 aliphatic rings. The molecule has 9 rings (SSSR count). The van der Waals surface area contributed by atoms with Crippen LogP contribution in [0.1, 0.15) is 24.1 Å². The van der Waals surface area contributed by atoms with E-state index in [0.29, 0.717) is 0 Å². The first-order chi connectivity index (χ1) is 21.3. The summed E-state index contributed by atoms with van der Waals surface area (Å²) in [5.74, 6) is 0. The number of aromatic nitrogens is 2. The van der Waals surface area contributed by atoms with Gasteiger partial charge in [-0.25, -0.2) is 4.98 Å². The van der Waals surface area contributed by atoms with Crippen molar-refractivity contribution >= 4 is 75.2 Å². The Kier molecular flexibility index (Phi) is 5.53.